The van der Waals surface area contributed by atoms with Gasteiger partial charge in [-0.3, -0.25) is 0 Å². The zero-order valence-corrected chi connectivity index (χ0v) is 10.5. The Morgan fingerprint density at radius 2 is 2.00 bits per heavy atom. The summed E-state index contributed by atoms with van der Waals surface area (Å²) < 4.78 is 0. The van der Waals surface area contributed by atoms with Crippen LogP contribution >= 0.6 is 11.6 Å². The number of benzene rings is 1. The molecule has 1 aromatic carbocycles. The number of rotatable bonds is 3. The average Bonchev–Trinajstić information content (AvgIpc) is 2.28. The fourth-order valence-electron chi connectivity index (χ4n) is 1.78. The number of nitrogen functional groups attached to an aromatic ring is 1. The number of hydrogen-bond acceptors (Lipinski definition) is 2. The lowest BCUT2D eigenvalue weighted by Gasteiger charge is -2.06. The van der Waals surface area contributed by atoms with Crippen molar-refractivity contribution in [2.45, 2.75) is 19.8 Å². The highest BCUT2D eigenvalue weighted by Crippen LogP contribution is 2.19. The molecule has 0 atom stereocenters. The van der Waals surface area contributed by atoms with Crippen LogP contribution in [-0.4, -0.2) is 4.98 Å². The van der Waals surface area contributed by atoms with Crippen molar-refractivity contribution in [1.29, 1.82) is 0 Å². The van der Waals surface area contributed by atoms with E-state index >= 15 is 0 Å². The molecule has 2 N–H and O–H groups in total. The molecule has 3 heteroatoms. The predicted molar refractivity (Wildman–Crippen MR) is 72.2 cm³/mol. The molecule has 0 radical (unpaired) electrons. The van der Waals surface area contributed by atoms with Crippen molar-refractivity contribution >= 4 is 17.4 Å². The Labute approximate surface area is 106 Å². The maximum Gasteiger partial charge on any atom is 0.123 e. The van der Waals surface area contributed by atoms with Gasteiger partial charge in [0.25, 0.3) is 0 Å². The molecular weight excluding hydrogens is 232 g/mol. The molecule has 1 aromatic heterocycles. The van der Waals surface area contributed by atoms with E-state index in [1.54, 1.807) is 6.20 Å². The molecule has 0 fully saturated rings. The molecule has 88 valence electrons. The van der Waals surface area contributed by atoms with Crippen LogP contribution in [0, 0.1) is 6.92 Å². The lowest BCUT2D eigenvalue weighted by atomic mass is 10.0. The van der Waals surface area contributed by atoms with Gasteiger partial charge in [0.05, 0.1) is 0 Å². The van der Waals surface area contributed by atoms with Gasteiger partial charge in [-0.05, 0) is 54.7 Å². The van der Waals surface area contributed by atoms with Crippen LogP contribution in [0.3, 0.4) is 0 Å². The van der Waals surface area contributed by atoms with E-state index < -0.39 is 0 Å². The van der Waals surface area contributed by atoms with Gasteiger partial charge in [-0.1, -0.05) is 23.7 Å². The van der Waals surface area contributed by atoms with Crippen molar-refractivity contribution in [2.75, 3.05) is 5.73 Å². The van der Waals surface area contributed by atoms with E-state index in [0.717, 1.165) is 17.9 Å². The maximum absolute atomic E-state index is 6.19. The van der Waals surface area contributed by atoms with Crippen molar-refractivity contribution in [3.63, 3.8) is 0 Å². The largest absolute Gasteiger partial charge is 0.384 e. The van der Waals surface area contributed by atoms with Gasteiger partial charge < -0.3 is 5.73 Å². The molecule has 0 spiro atoms. The predicted octanol–water partition coefficient (Wildman–Crippen LogP) is 3.41. The summed E-state index contributed by atoms with van der Waals surface area (Å²) in [4.78, 5) is 3.98. The Balaban J connectivity index is 2.07. The van der Waals surface area contributed by atoms with E-state index in [1.807, 2.05) is 25.1 Å². The van der Waals surface area contributed by atoms with Crippen LogP contribution in [0.4, 0.5) is 5.82 Å². The Kier molecular flexibility index (Phi) is 3.64. The van der Waals surface area contributed by atoms with Crippen LogP contribution in [0.15, 0.2) is 36.5 Å². The number of aryl methyl sites for hydroxylation is 3. The fraction of sp³-hybridized carbons (Fsp3) is 0.214. The summed E-state index contributed by atoms with van der Waals surface area (Å²) in [7, 11) is 0. The van der Waals surface area contributed by atoms with Gasteiger partial charge in [-0.15, -0.1) is 0 Å². The highest BCUT2D eigenvalue weighted by molar-refractivity contribution is 6.31. The van der Waals surface area contributed by atoms with E-state index in [-0.39, 0.29) is 0 Å². The molecule has 0 unspecified atom stereocenters. The van der Waals surface area contributed by atoms with Gasteiger partial charge in [0.1, 0.15) is 5.82 Å². The first-order chi connectivity index (χ1) is 8.15. The molecule has 0 bridgehead atoms. The number of pyridine rings is 1. The molecule has 2 aromatic rings. The molecule has 2 rings (SSSR count). The van der Waals surface area contributed by atoms with Crippen LogP contribution in [0.25, 0.3) is 0 Å². The molecule has 0 aliphatic rings. The van der Waals surface area contributed by atoms with Gasteiger partial charge in [0.15, 0.2) is 0 Å². The zero-order valence-electron chi connectivity index (χ0n) is 9.78. The summed E-state index contributed by atoms with van der Waals surface area (Å²) in [5.41, 5.74) is 9.19. The molecule has 0 saturated carbocycles. The number of nitrogens with two attached hydrogens (primary N) is 1. The summed E-state index contributed by atoms with van der Waals surface area (Å²) in [6.07, 6.45) is 3.58. The second kappa shape index (κ2) is 5.19. The van der Waals surface area contributed by atoms with Gasteiger partial charge in [0.2, 0.25) is 0 Å². The number of hydrogen-bond donors (Lipinski definition) is 1. The number of aromatic nitrogens is 1. The average molecular weight is 247 g/mol. The number of nitrogens with zero attached hydrogens (tertiary/aromatic N) is 1. The van der Waals surface area contributed by atoms with E-state index in [9.17, 15) is 0 Å². The summed E-state index contributed by atoms with van der Waals surface area (Å²) in [6, 6.07) is 10.1. The molecular formula is C14H15ClN2. The van der Waals surface area contributed by atoms with E-state index in [1.165, 1.54) is 16.7 Å². The Bertz CT molecular complexity index is 523. The molecule has 17 heavy (non-hydrogen) atoms. The van der Waals surface area contributed by atoms with Gasteiger partial charge in [-0.2, -0.15) is 0 Å². The van der Waals surface area contributed by atoms with Crippen LogP contribution in [0.1, 0.15) is 16.7 Å². The second-order valence-corrected chi connectivity index (χ2v) is 4.59. The summed E-state index contributed by atoms with van der Waals surface area (Å²) in [5.74, 6) is 0.567. The summed E-state index contributed by atoms with van der Waals surface area (Å²) in [6.45, 7) is 2.04. The first kappa shape index (κ1) is 11.9. The quantitative estimate of drug-likeness (QED) is 0.902. The first-order valence-corrected chi connectivity index (χ1v) is 5.98. The van der Waals surface area contributed by atoms with Crippen LogP contribution in [0.5, 0.6) is 0 Å². The molecule has 0 amide bonds. The topological polar surface area (TPSA) is 38.9 Å². The third-order valence-electron chi connectivity index (χ3n) is 2.74. The minimum absolute atomic E-state index is 0.567. The van der Waals surface area contributed by atoms with Crippen molar-refractivity contribution in [1.82, 2.24) is 4.98 Å². The van der Waals surface area contributed by atoms with Crippen molar-refractivity contribution < 1.29 is 0 Å². The minimum Gasteiger partial charge on any atom is -0.384 e. The fourth-order valence-corrected chi connectivity index (χ4v) is 2.11. The highest BCUT2D eigenvalue weighted by atomic mass is 35.5. The Hall–Kier alpha value is -1.54. The SMILES string of the molecule is Cc1ccc(CCc2ccnc(N)c2)c(Cl)c1. The maximum atomic E-state index is 6.19. The van der Waals surface area contributed by atoms with Gasteiger partial charge in [0, 0.05) is 11.2 Å². The molecule has 2 nitrogen and oxygen atoms in total. The normalized spacial score (nSPS) is 10.5. The molecule has 0 aliphatic carbocycles. The van der Waals surface area contributed by atoms with Crippen LogP contribution < -0.4 is 5.73 Å². The van der Waals surface area contributed by atoms with Crippen LogP contribution in [0.2, 0.25) is 5.02 Å². The lowest BCUT2D eigenvalue weighted by molar-refractivity contribution is 0.956. The monoisotopic (exact) mass is 246 g/mol. The summed E-state index contributed by atoms with van der Waals surface area (Å²) in [5, 5.41) is 0.840. The van der Waals surface area contributed by atoms with Gasteiger partial charge >= 0.3 is 0 Å². The van der Waals surface area contributed by atoms with Crippen molar-refractivity contribution in [2.24, 2.45) is 0 Å². The third-order valence-corrected chi connectivity index (χ3v) is 3.09. The number of anilines is 1. The second-order valence-electron chi connectivity index (χ2n) is 4.18. The van der Waals surface area contributed by atoms with Gasteiger partial charge in [-0.25, -0.2) is 4.98 Å². The molecule has 0 aliphatic heterocycles. The van der Waals surface area contributed by atoms with E-state index in [0.29, 0.717) is 5.82 Å². The Morgan fingerprint density at radius 3 is 2.71 bits per heavy atom. The van der Waals surface area contributed by atoms with E-state index in [4.69, 9.17) is 17.3 Å². The standard InChI is InChI=1S/C14H15ClN2/c1-10-2-4-12(13(15)8-10)5-3-11-6-7-17-14(16)9-11/h2,4,6-9H,3,5H2,1H3,(H2,16,17). The van der Waals surface area contributed by atoms with Crippen molar-refractivity contribution in [3.05, 3.63) is 58.2 Å². The zero-order chi connectivity index (χ0) is 12.3. The Morgan fingerprint density at radius 1 is 1.18 bits per heavy atom. The molecule has 0 saturated heterocycles. The first-order valence-electron chi connectivity index (χ1n) is 5.60. The van der Waals surface area contributed by atoms with Crippen LogP contribution in [-0.2, 0) is 12.8 Å². The third kappa shape index (κ3) is 3.21. The lowest BCUT2D eigenvalue weighted by Crippen LogP contribution is -1.95. The highest BCUT2D eigenvalue weighted by Gasteiger charge is 2.01. The summed E-state index contributed by atoms with van der Waals surface area (Å²) >= 11 is 6.19. The van der Waals surface area contributed by atoms with E-state index in [2.05, 4.69) is 17.1 Å². The number of halogens is 1. The van der Waals surface area contributed by atoms with Crippen molar-refractivity contribution in [3.8, 4) is 0 Å². The smallest absolute Gasteiger partial charge is 0.123 e. The minimum atomic E-state index is 0.567. The molecule has 1 heterocycles.